The first-order valence-electron chi connectivity index (χ1n) is 5.09. The van der Waals surface area contributed by atoms with Gasteiger partial charge in [-0.2, -0.15) is 0 Å². The van der Waals surface area contributed by atoms with Crippen molar-refractivity contribution in [1.82, 2.24) is 10.2 Å². The number of hydrogen-bond donors (Lipinski definition) is 1. The van der Waals surface area contributed by atoms with Crippen molar-refractivity contribution in [2.45, 2.75) is 19.8 Å². The number of carbonyl (C=O) groups excluding carboxylic acids is 2. The van der Waals surface area contributed by atoms with Gasteiger partial charge in [0.1, 0.15) is 5.78 Å². The first-order valence-corrected chi connectivity index (χ1v) is 5.09. The highest BCUT2D eigenvalue weighted by molar-refractivity contribution is 5.81. The fourth-order valence-corrected chi connectivity index (χ4v) is 1.68. The van der Waals surface area contributed by atoms with E-state index < -0.39 is 0 Å². The summed E-state index contributed by atoms with van der Waals surface area (Å²) in [6, 6.07) is 0. The standard InChI is InChI=1S/C10H18N2O2/c1-8-7-12(5-3-9(8)13)6-4-10(14)11-2/h8H,3-7H2,1-2H3,(H,11,14). The Morgan fingerprint density at radius 2 is 2.36 bits per heavy atom. The van der Waals surface area contributed by atoms with E-state index in [0.29, 0.717) is 18.6 Å². The summed E-state index contributed by atoms with van der Waals surface area (Å²) >= 11 is 0. The van der Waals surface area contributed by atoms with Gasteiger partial charge in [-0.15, -0.1) is 0 Å². The van der Waals surface area contributed by atoms with Crippen molar-refractivity contribution in [3.8, 4) is 0 Å². The van der Waals surface area contributed by atoms with Crippen LogP contribution in [0.25, 0.3) is 0 Å². The molecule has 0 aromatic heterocycles. The smallest absolute Gasteiger partial charge is 0.221 e. The number of likely N-dealkylation sites (tertiary alicyclic amines) is 1. The van der Waals surface area contributed by atoms with Gasteiger partial charge in [0.15, 0.2) is 0 Å². The number of ketones is 1. The molecule has 1 rings (SSSR count). The average molecular weight is 198 g/mol. The van der Waals surface area contributed by atoms with Gasteiger partial charge in [0.05, 0.1) is 0 Å². The molecule has 0 aliphatic carbocycles. The van der Waals surface area contributed by atoms with E-state index >= 15 is 0 Å². The minimum absolute atomic E-state index is 0.0644. The lowest BCUT2D eigenvalue weighted by molar-refractivity contribution is -0.125. The Labute approximate surface area is 84.7 Å². The van der Waals surface area contributed by atoms with Gasteiger partial charge >= 0.3 is 0 Å². The molecule has 0 saturated carbocycles. The normalized spacial score (nSPS) is 23.6. The number of hydrogen-bond acceptors (Lipinski definition) is 3. The van der Waals surface area contributed by atoms with Crippen LogP contribution in [0.5, 0.6) is 0 Å². The maximum Gasteiger partial charge on any atom is 0.221 e. The molecule has 4 nitrogen and oxygen atoms in total. The van der Waals surface area contributed by atoms with Crippen LogP contribution in [0, 0.1) is 5.92 Å². The molecule has 1 unspecified atom stereocenters. The molecule has 0 spiro atoms. The van der Waals surface area contributed by atoms with Crippen molar-refractivity contribution in [3.05, 3.63) is 0 Å². The van der Waals surface area contributed by atoms with Crippen LogP contribution in [-0.4, -0.2) is 43.3 Å². The summed E-state index contributed by atoms with van der Waals surface area (Å²) < 4.78 is 0. The Morgan fingerprint density at radius 3 is 2.93 bits per heavy atom. The van der Waals surface area contributed by atoms with Crippen molar-refractivity contribution in [2.24, 2.45) is 5.92 Å². The Kier molecular flexibility index (Phi) is 4.07. The predicted octanol–water partition coefficient (Wildman–Crippen LogP) is 0.0334. The van der Waals surface area contributed by atoms with Crippen LogP contribution in [0.3, 0.4) is 0 Å². The van der Waals surface area contributed by atoms with E-state index in [1.807, 2.05) is 6.92 Å². The molecule has 80 valence electrons. The molecule has 1 heterocycles. The maximum absolute atomic E-state index is 11.2. The van der Waals surface area contributed by atoms with E-state index in [2.05, 4.69) is 10.2 Å². The highest BCUT2D eigenvalue weighted by atomic mass is 16.1. The zero-order chi connectivity index (χ0) is 10.6. The number of nitrogens with zero attached hydrogens (tertiary/aromatic N) is 1. The molecule has 1 atom stereocenters. The third-order valence-electron chi connectivity index (χ3n) is 2.69. The summed E-state index contributed by atoms with van der Waals surface area (Å²) in [5.41, 5.74) is 0. The van der Waals surface area contributed by atoms with Gasteiger partial charge in [0, 0.05) is 45.4 Å². The van der Waals surface area contributed by atoms with Crippen LogP contribution in [0.4, 0.5) is 0 Å². The molecule has 0 radical (unpaired) electrons. The van der Waals surface area contributed by atoms with Gasteiger partial charge in [-0.3, -0.25) is 9.59 Å². The molecule has 14 heavy (non-hydrogen) atoms. The summed E-state index contributed by atoms with van der Waals surface area (Å²) in [5.74, 6) is 0.546. The van der Waals surface area contributed by atoms with Crippen LogP contribution in [0.1, 0.15) is 19.8 Å². The summed E-state index contributed by atoms with van der Waals surface area (Å²) in [7, 11) is 1.64. The lowest BCUT2D eigenvalue weighted by Crippen LogP contribution is -2.41. The summed E-state index contributed by atoms with van der Waals surface area (Å²) in [4.78, 5) is 24.4. The number of amides is 1. The molecule has 0 aromatic carbocycles. The first kappa shape index (κ1) is 11.2. The number of rotatable bonds is 3. The zero-order valence-electron chi connectivity index (χ0n) is 8.88. The lowest BCUT2D eigenvalue weighted by atomic mass is 9.98. The van der Waals surface area contributed by atoms with Crippen molar-refractivity contribution < 1.29 is 9.59 Å². The van der Waals surface area contributed by atoms with E-state index in [-0.39, 0.29) is 11.8 Å². The second kappa shape index (κ2) is 5.10. The summed E-state index contributed by atoms with van der Waals surface area (Å²) in [6.45, 7) is 4.32. The largest absolute Gasteiger partial charge is 0.359 e. The van der Waals surface area contributed by atoms with Gasteiger partial charge in [-0.25, -0.2) is 0 Å². The van der Waals surface area contributed by atoms with Gasteiger partial charge in [0.25, 0.3) is 0 Å². The molecular weight excluding hydrogens is 180 g/mol. The van der Waals surface area contributed by atoms with E-state index in [1.165, 1.54) is 0 Å². The van der Waals surface area contributed by atoms with Crippen molar-refractivity contribution in [1.29, 1.82) is 0 Å². The molecule has 1 aliphatic heterocycles. The second-order valence-electron chi connectivity index (χ2n) is 3.84. The Balaban J connectivity index is 2.26. The number of nitrogens with one attached hydrogen (secondary N) is 1. The third-order valence-corrected chi connectivity index (χ3v) is 2.69. The van der Waals surface area contributed by atoms with Crippen molar-refractivity contribution in [3.63, 3.8) is 0 Å². The average Bonchev–Trinajstić information content (AvgIpc) is 2.19. The zero-order valence-corrected chi connectivity index (χ0v) is 8.88. The monoisotopic (exact) mass is 198 g/mol. The van der Waals surface area contributed by atoms with Gasteiger partial charge in [-0.05, 0) is 0 Å². The van der Waals surface area contributed by atoms with Crippen LogP contribution in [0.2, 0.25) is 0 Å². The highest BCUT2D eigenvalue weighted by Crippen LogP contribution is 2.12. The Hall–Kier alpha value is -0.900. The topological polar surface area (TPSA) is 49.4 Å². The third kappa shape index (κ3) is 3.10. The van der Waals surface area contributed by atoms with Gasteiger partial charge < -0.3 is 10.2 Å². The SMILES string of the molecule is CNC(=O)CCN1CCC(=O)C(C)C1. The molecule has 0 bridgehead atoms. The van der Waals surface area contributed by atoms with Crippen LogP contribution in [-0.2, 0) is 9.59 Å². The van der Waals surface area contributed by atoms with Crippen LogP contribution >= 0.6 is 0 Å². The van der Waals surface area contributed by atoms with E-state index in [0.717, 1.165) is 19.6 Å². The molecule has 1 fully saturated rings. The number of piperidine rings is 1. The molecule has 1 aliphatic rings. The van der Waals surface area contributed by atoms with E-state index in [4.69, 9.17) is 0 Å². The predicted molar refractivity (Wildman–Crippen MR) is 53.9 cm³/mol. The van der Waals surface area contributed by atoms with Crippen molar-refractivity contribution in [2.75, 3.05) is 26.7 Å². The second-order valence-corrected chi connectivity index (χ2v) is 3.84. The highest BCUT2D eigenvalue weighted by Gasteiger charge is 2.23. The minimum Gasteiger partial charge on any atom is -0.359 e. The molecule has 1 N–H and O–H groups in total. The van der Waals surface area contributed by atoms with Crippen molar-refractivity contribution >= 4 is 11.7 Å². The van der Waals surface area contributed by atoms with E-state index in [9.17, 15) is 9.59 Å². The van der Waals surface area contributed by atoms with Crippen LogP contribution in [0.15, 0.2) is 0 Å². The van der Waals surface area contributed by atoms with Gasteiger partial charge in [-0.1, -0.05) is 6.92 Å². The maximum atomic E-state index is 11.2. The lowest BCUT2D eigenvalue weighted by Gasteiger charge is -2.29. The van der Waals surface area contributed by atoms with Gasteiger partial charge in [0.2, 0.25) is 5.91 Å². The molecule has 0 aromatic rings. The molecule has 1 amide bonds. The molecule has 1 saturated heterocycles. The quantitative estimate of drug-likeness (QED) is 0.696. The minimum atomic E-state index is 0.0644. The fourth-order valence-electron chi connectivity index (χ4n) is 1.68. The Bertz CT molecular complexity index is 228. The number of Topliss-reactive ketones (excluding diaryl/α,β-unsaturated/α-hetero) is 1. The van der Waals surface area contributed by atoms with Crippen LogP contribution < -0.4 is 5.32 Å². The Morgan fingerprint density at radius 1 is 1.64 bits per heavy atom. The molecular formula is C10H18N2O2. The molecule has 4 heteroatoms. The first-order chi connectivity index (χ1) is 6.63. The fraction of sp³-hybridized carbons (Fsp3) is 0.800. The summed E-state index contributed by atoms with van der Waals surface area (Å²) in [6.07, 6.45) is 1.16. The number of carbonyl (C=O) groups is 2. The van der Waals surface area contributed by atoms with E-state index in [1.54, 1.807) is 7.05 Å². The summed E-state index contributed by atoms with van der Waals surface area (Å²) in [5, 5.41) is 2.59.